The minimum atomic E-state index is -4.67. The molecular weight excluding hydrogens is 494 g/mol. The Labute approximate surface area is 208 Å². The second kappa shape index (κ2) is 10.8. The molecular formula is C24H23F4N7O2. The number of aliphatic hydroxyl groups is 1. The summed E-state index contributed by atoms with van der Waals surface area (Å²) in [4.78, 5) is 21.1. The van der Waals surface area contributed by atoms with Crippen LogP contribution in [0, 0.1) is 5.82 Å². The first-order valence-corrected chi connectivity index (χ1v) is 11.3. The molecule has 4 N–H and O–H groups in total. The molecule has 0 aliphatic carbocycles. The summed E-state index contributed by atoms with van der Waals surface area (Å²) in [6.45, 7) is 0.749. The molecule has 0 bridgehead atoms. The molecule has 2 aromatic carbocycles. The van der Waals surface area contributed by atoms with Crippen LogP contribution < -0.4 is 16.0 Å². The van der Waals surface area contributed by atoms with Crippen LogP contribution in [0.15, 0.2) is 48.7 Å². The second-order valence-corrected chi connectivity index (χ2v) is 8.11. The van der Waals surface area contributed by atoms with Crippen molar-refractivity contribution in [1.82, 2.24) is 19.7 Å². The second-order valence-electron chi connectivity index (χ2n) is 8.11. The number of anilines is 3. The largest absolute Gasteiger partial charge is 0.416 e. The van der Waals surface area contributed by atoms with E-state index < -0.39 is 29.3 Å². The van der Waals surface area contributed by atoms with Crippen molar-refractivity contribution in [1.29, 1.82) is 0 Å². The van der Waals surface area contributed by atoms with Crippen molar-refractivity contribution < 1.29 is 27.5 Å². The van der Waals surface area contributed by atoms with Crippen LogP contribution in [0.1, 0.15) is 18.4 Å². The number of amides is 2. The van der Waals surface area contributed by atoms with Gasteiger partial charge in [-0.25, -0.2) is 18.9 Å². The van der Waals surface area contributed by atoms with Crippen LogP contribution in [0.3, 0.4) is 0 Å². The molecule has 0 spiro atoms. The van der Waals surface area contributed by atoms with Gasteiger partial charge in [-0.2, -0.15) is 23.3 Å². The minimum Gasteiger partial charge on any atom is -0.396 e. The molecule has 4 rings (SSSR count). The zero-order valence-electron chi connectivity index (χ0n) is 19.6. The average molecular weight is 517 g/mol. The molecule has 37 heavy (non-hydrogen) atoms. The molecule has 0 saturated carbocycles. The van der Waals surface area contributed by atoms with Crippen molar-refractivity contribution in [2.24, 2.45) is 7.05 Å². The molecule has 0 aliphatic heterocycles. The van der Waals surface area contributed by atoms with E-state index in [1.807, 2.05) is 0 Å². The predicted octanol–water partition coefficient (Wildman–Crippen LogP) is 5.02. The van der Waals surface area contributed by atoms with E-state index >= 15 is 0 Å². The van der Waals surface area contributed by atoms with E-state index in [9.17, 15) is 22.4 Å². The Balaban J connectivity index is 1.45. The minimum absolute atomic E-state index is 0.125. The maximum absolute atomic E-state index is 13.9. The highest BCUT2D eigenvalue weighted by Crippen LogP contribution is 2.32. The number of benzene rings is 2. The first-order chi connectivity index (χ1) is 17.7. The number of nitrogens with zero attached hydrogens (tertiary/aromatic N) is 4. The van der Waals surface area contributed by atoms with Gasteiger partial charge in [0.05, 0.1) is 16.6 Å². The van der Waals surface area contributed by atoms with Crippen LogP contribution in [0.4, 0.5) is 39.7 Å². The number of fused-ring (bicyclic) bond motifs is 1. The van der Waals surface area contributed by atoms with E-state index in [2.05, 4.69) is 31.0 Å². The number of aryl methyl sites for hydroxylation is 1. The van der Waals surface area contributed by atoms with Gasteiger partial charge in [0, 0.05) is 37.6 Å². The number of hydrogen-bond acceptors (Lipinski definition) is 6. The molecule has 0 radical (unpaired) electrons. The van der Waals surface area contributed by atoms with Crippen molar-refractivity contribution in [3.8, 4) is 11.3 Å². The van der Waals surface area contributed by atoms with Gasteiger partial charge >= 0.3 is 12.2 Å². The van der Waals surface area contributed by atoms with E-state index in [0.29, 0.717) is 65.1 Å². The van der Waals surface area contributed by atoms with Crippen molar-refractivity contribution in [3.05, 3.63) is 60.0 Å². The van der Waals surface area contributed by atoms with Gasteiger partial charge in [-0.15, -0.1) is 0 Å². The quantitative estimate of drug-likeness (QED) is 0.193. The van der Waals surface area contributed by atoms with Gasteiger partial charge in [0.25, 0.3) is 0 Å². The Morgan fingerprint density at radius 1 is 1.08 bits per heavy atom. The zero-order valence-corrected chi connectivity index (χ0v) is 19.6. The van der Waals surface area contributed by atoms with Crippen LogP contribution in [0.2, 0.25) is 0 Å². The van der Waals surface area contributed by atoms with E-state index in [4.69, 9.17) is 5.11 Å². The van der Waals surface area contributed by atoms with Crippen LogP contribution in [0.25, 0.3) is 22.3 Å². The lowest BCUT2D eigenvalue weighted by atomic mass is 10.1. The molecule has 13 heteroatoms. The molecule has 2 amide bonds. The number of aliphatic hydroxyl groups excluding tert-OH is 1. The Hall–Kier alpha value is -4.26. The molecule has 9 nitrogen and oxygen atoms in total. The van der Waals surface area contributed by atoms with Gasteiger partial charge in [-0.3, -0.25) is 0 Å². The first-order valence-electron chi connectivity index (χ1n) is 11.3. The van der Waals surface area contributed by atoms with Gasteiger partial charge in [0.2, 0.25) is 5.95 Å². The molecule has 194 valence electrons. The maximum atomic E-state index is 13.9. The van der Waals surface area contributed by atoms with Gasteiger partial charge < -0.3 is 21.1 Å². The highest BCUT2D eigenvalue weighted by molar-refractivity contribution is 6.00. The number of halogens is 4. The van der Waals surface area contributed by atoms with Gasteiger partial charge in [0.15, 0.2) is 5.65 Å². The summed E-state index contributed by atoms with van der Waals surface area (Å²) in [7, 11) is 1.75. The summed E-state index contributed by atoms with van der Waals surface area (Å²) < 4.78 is 54.2. The van der Waals surface area contributed by atoms with Gasteiger partial charge in [0.1, 0.15) is 11.5 Å². The number of rotatable bonds is 8. The Morgan fingerprint density at radius 2 is 1.84 bits per heavy atom. The summed E-state index contributed by atoms with van der Waals surface area (Å²) in [5.74, 6) is -0.547. The SMILES string of the molecule is Cn1nc(-c2ccc(NC(=O)Nc3cc(C(F)(F)F)ccc3F)cc2)c2cnc(NCCCCO)nc21. The third kappa shape index (κ3) is 6.12. The lowest BCUT2D eigenvalue weighted by molar-refractivity contribution is -0.137. The number of alkyl halides is 3. The van der Waals surface area contributed by atoms with Crippen LogP contribution in [-0.2, 0) is 13.2 Å². The topological polar surface area (TPSA) is 117 Å². The Bertz CT molecular complexity index is 1400. The van der Waals surface area contributed by atoms with Crippen molar-refractivity contribution in [3.63, 3.8) is 0 Å². The number of nitrogens with one attached hydrogen (secondary N) is 3. The zero-order chi connectivity index (χ0) is 26.6. The average Bonchev–Trinajstić information content (AvgIpc) is 3.19. The molecule has 0 aliphatic rings. The van der Waals surface area contributed by atoms with Crippen molar-refractivity contribution in [2.45, 2.75) is 19.0 Å². The number of carbonyl (C=O) groups excluding carboxylic acids is 1. The third-order valence-electron chi connectivity index (χ3n) is 5.41. The normalized spacial score (nSPS) is 11.5. The van der Waals surface area contributed by atoms with Crippen LogP contribution >= 0.6 is 0 Å². The highest BCUT2D eigenvalue weighted by atomic mass is 19.4. The molecule has 0 saturated heterocycles. The fourth-order valence-corrected chi connectivity index (χ4v) is 3.57. The molecule has 2 heterocycles. The van der Waals surface area contributed by atoms with E-state index in [1.54, 1.807) is 42.2 Å². The van der Waals surface area contributed by atoms with Crippen molar-refractivity contribution in [2.75, 3.05) is 29.1 Å². The molecule has 0 unspecified atom stereocenters. The first kappa shape index (κ1) is 25.8. The molecule has 2 aromatic heterocycles. The van der Waals surface area contributed by atoms with Crippen LogP contribution in [0.5, 0.6) is 0 Å². The van der Waals surface area contributed by atoms with Crippen molar-refractivity contribution >= 4 is 34.4 Å². The van der Waals surface area contributed by atoms with E-state index in [-0.39, 0.29) is 6.61 Å². The summed E-state index contributed by atoms with van der Waals surface area (Å²) >= 11 is 0. The lowest BCUT2D eigenvalue weighted by Gasteiger charge is -2.12. The summed E-state index contributed by atoms with van der Waals surface area (Å²) in [5.41, 5.74) is 0.605. The smallest absolute Gasteiger partial charge is 0.396 e. The number of aromatic nitrogens is 4. The lowest BCUT2D eigenvalue weighted by Crippen LogP contribution is -2.20. The standard InChI is InChI=1S/C24H23F4N7O2/c1-35-21-17(13-30-22(33-21)29-10-2-3-11-36)20(34-35)14-4-7-16(8-5-14)31-23(37)32-19-12-15(24(26,27)28)6-9-18(19)25/h4-9,12-13,36H,2-3,10-11H2,1H3,(H,29,30,33)(H2,31,32,37). The fraction of sp³-hybridized carbons (Fsp3) is 0.250. The number of unbranched alkanes of at least 4 members (excludes halogenated alkanes) is 1. The van der Waals surface area contributed by atoms with E-state index in [1.165, 1.54) is 0 Å². The van der Waals surface area contributed by atoms with Gasteiger partial charge in [-0.1, -0.05) is 12.1 Å². The summed E-state index contributed by atoms with van der Waals surface area (Å²) in [6.07, 6.45) is -1.56. The Morgan fingerprint density at radius 3 is 2.54 bits per heavy atom. The monoisotopic (exact) mass is 517 g/mol. The number of carbonyl (C=O) groups is 1. The molecule has 4 aromatic rings. The molecule has 0 fully saturated rings. The van der Waals surface area contributed by atoms with Crippen LogP contribution in [-0.4, -0.2) is 44.0 Å². The molecule has 0 atom stereocenters. The van der Waals surface area contributed by atoms with Gasteiger partial charge in [-0.05, 0) is 43.2 Å². The third-order valence-corrected chi connectivity index (χ3v) is 5.41. The predicted molar refractivity (Wildman–Crippen MR) is 131 cm³/mol. The fourth-order valence-electron chi connectivity index (χ4n) is 3.57. The summed E-state index contributed by atoms with van der Waals surface area (Å²) in [6, 6.07) is 7.42. The number of hydrogen-bond donors (Lipinski definition) is 4. The highest BCUT2D eigenvalue weighted by Gasteiger charge is 2.31. The summed E-state index contributed by atoms with van der Waals surface area (Å²) in [5, 5.41) is 21.8. The number of urea groups is 1. The van der Waals surface area contributed by atoms with E-state index in [0.717, 1.165) is 6.42 Å². The Kier molecular flexibility index (Phi) is 7.53. The maximum Gasteiger partial charge on any atom is 0.416 e.